The van der Waals surface area contributed by atoms with Gasteiger partial charge in [-0.05, 0) is 29.9 Å². The molecule has 1 heterocycles. The Morgan fingerprint density at radius 3 is 2.23 bits per heavy atom. The predicted octanol–water partition coefficient (Wildman–Crippen LogP) is 5.07. The van der Waals surface area contributed by atoms with Crippen molar-refractivity contribution in [3.05, 3.63) is 45.7 Å². The zero-order valence-corrected chi connectivity index (χ0v) is 14.8. The average molecular weight is 355 g/mol. The van der Waals surface area contributed by atoms with Crippen molar-refractivity contribution in [2.75, 3.05) is 11.7 Å². The molecule has 116 valence electrons. The van der Waals surface area contributed by atoms with E-state index in [1.807, 2.05) is 18.4 Å². The lowest BCUT2D eigenvalue weighted by atomic mass is 10.0. The first-order valence-corrected chi connectivity index (χ1v) is 8.65. The molecule has 0 spiro atoms. The first kappa shape index (κ1) is 17.1. The smallest absolute Gasteiger partial charge is 0.190 e. The van der Waals surface area contributed by atoms with Crippen molar-refractivity contribution in [1.29, 1.82) is 0 Å². The zero-order chi connectivity index (χ0) is 16.1. The molecule has 1 aromatic heterocycles. The van der Waals surface area contributed by atoms with Gasteiger partial charge in [0, 0.05) is 0 Å². The van der Waals surface area contributed by atoms with E-state index >= 15 is 0 Å². The maximum absolute atomic E-state index is 6.08. The van der Waals surface area contributed by atoms with E-state index in [1.54, 1.807) is 0 Å². The van der Waals surface area contributed by atoms with E-state index in [4.69, 9.17) is 23.2 Å². The van der Waals surface area contributed by atoms with Gasteiger partial charge in [0.15, 0.2) is 5.16 Å². The molecule has 0 saturated heterocycles. The molecule has 0 unspecified atom stereocenters. The van der Waals surface area contributed by atoms with Crippen molar-refractivity contribution in [3.63, 3.8) is 0 Å². The molecular weight excluding hydrogens is 339 g/mol. The van der Waals surface area contributed by atoms with Crippen LogP contribution in [-0.2, 0) is 0 Å². The highest BCUT2D eigenvalue weighted by atomic mass is 35.5. The number of hydrogen-bond acceptors (Lipinski definition) is 5. The van der Waals surface area contributed by atoms with Gasteiger partial charge in [-0.25, -0.2) is 9.97 Å². The van der Waals surface area contributed by atoms with Crippen molar-refractivity contribution in [2.45, 2.75) is 24.9 Å². The third-order valence-electron chi connectivity index (χ3n) is 2.98. The second-order valence-electron chi connectivity index (χ2n) is 4.85. The summed E-state index contributed by atoms with van der Waals surface area (Å²) in [5, 5.41) is 5.23. The first-order valence-electron chi connectivity index (χ1n) is 6.67. The van der Waals surface area contributed by atoms with E-state index in [9.17, 15) is 0 Å². The number of rotatable bonds is 5. The van der Waals surface area contributed by atoms with E-state index in [1.165, 1.54) is 23.5 Å². The van der Waals surface area contributed by atoms with E-state index in [-0.39, 0.29) is 10.3 Å². The molecule has 0 fully saturated rings. The molecular formula is C15H16Cl2N4S. The highest BCUT2D eigenvalue weighted by molar-refractivity contribution is 7.98. The quantitative estimate of drug-likeness (QED) is 0.267. The van der Waals surface area contributed by atoms with Gasteiger partial charge in [0.05, 0.1) is 17.5 Å². The summed E-state index contributed by atoms with van der Waals surface area (Å²) in [5.74, 6) is 0.502. The minimum atomic E-state index is 0.282. The highest BCUT2D eigenvalue weighted by Crippen LogP contribution is 2.23. The van der Waals surface area contributed by atoms with Crippen LogP contribution in [0.5, 0.6) is 0 Å². The molecule has 0 amide bonds. The fourth-order valence-corrected chi connectivity index (χ4v) is 2.66. The number of nitrogens with one attached hydrogen (secondary N) is 1. The van der Waals surface area contributed by atoms with Gasteiger partial charge in [-0.15, -0.1) is 0 Å². The van der Waals surface area contributed by atoms with Gasteiger partial charge >= 0.3 is 0 Å². The molecule has 0 aliphatic rings. The molecule has 0 aliphatic heterocycles. The van der Waals surface area contributed by atoms with E-state index in [2.05, 4.69) is 46.5 Å². The van der Waals surface area contributed by atoms with E-state index in [0.717, 1.165) is 5.69 Å². The summed E-state index contributed by atoms with van der Waals surface area (Å²) >= 11 is 13.5. The lowest BCUT2D eigenvalue weighted by Crippen LogP contribution is -1.97. The fourth-order valence-electron chi connectivity index (χ4n) is 1.71. The van der Waals surface area contributed by atoms with Crippen molar-refractivity contribution < 1.29 is 0 Å². The Hall–Kier alpha value is -1.30. The summed E-state index contributed by atoms with van der Waals surface area (Å²) in [6, 6.07) is 8.09. The van der Waals surface area contributed by atoms with Gasteiger partial charge in [-0.1, -0.05) is 60.9 Å². The van der Waals surface area contributed by atoms with Crippen LogP contribution in [0.3, 0.4) is 0 Å². The summed E-state index contributed by atoms with van der Waals surface area (Å²) in [6.45, 7) is 4.31. The lowest BCUT2D eigenvalue weighted by molar-refractivity contribution is 0.867. The van der Waals surface area contributed by atoms with Crippen LogP contribution in [-0.4, -0.2) is 22.4 Å². The van der Waals surface area contributed by atoms with Crippen molar-refractivity contribution in [3.8, 4) is 0 Å². The molecule has 4 nitrogen and oxygen atoms in total. The molecule has 7 heteroatoms. The van der Waals surface area contributed by atoms with Crippen LogP contribution >= 0.6 is 35.0 Å². The molecule has 1 aromatic carbocycles. The van der Waals surface area contributed by atoms with Gasteiger partial charge in [-0.3, -0.25) is 5.43 Å². The van der Waals surface area contributed by atoms with Crippen LogP contribution in [0.2, 0.25) is 10.3 Å². The molecule has 0 radical (unpaired) electrons. The number of hydrogen-bond donors (Lipinski definition) is 1. The monoisotopic (exact) mass is 354 g/mol. The summed E-state index contributed by atoms with van der Waals surface area (Å²) in [6.07, 6.45) is 3.38. The SMILES string of the molecule is CSc1nc(Cl)c(/C=N\Nc2ccc(C(C)C)cc2)c(Cl)n1. The number of thioether (sulfide) groups is 1. The maximum Gasteiger partial charge on any atom is 0.190 e. The molecule has 0 saturated carbocycles. The fraction of sp³-hybridized carbons (Fsp3) is 0.267. The normalized spacial score (nSPS) is 11.4. The molecule has 2 aromatic rings. The Morgan fingerprint density at radius 2 is 1.73 bits per heavy atom. The standard InChI is InChI=1S/C15H16Cl2N4S/c1-9(2)10-4-6-11(7-5-10)21-18-8-12-13(16)19-15(22-3)20-14(12)17/h4-9,21H,1-3H3/b18-8-. The minimum absolute atomic E-state index is 0.282. The van der Waals surface area contributed by atoms with Crippen LogP contribution < -0.4 is 5.43 Å². The number of nitrogens with zero attached hydrogens (tertiary/aromatic N) is 3. The zero-order valence-electron chi connectivity index (χ0n) is 12.5. The van der Waals surface area contributed by atoms with Gasteiger partial charge in [0.2, 0.25) is 0 Å². The Balaban J connectivity index is 2.09. The summed E-state index contributed by atoms with van der Waals surface area (Å²) in [5.41, 5.74) is 5.59. The van der Waals surface area contributed by atoms with Gasteiger partial charge in [0.1, 0.15) is 10.3 Å². The highest BCUT2D eigenvalue weighted by Gasteiger charge is 2.09. The number of halogens is 2. The lowest BCUT2D eigenvalue weighted by Gasteiger charge is -2.06. The number of hydrazone groups is 1. The third kappa shape index (κ3) is 4.35. The first-order chi connectivity index (χ1) is 10.5. The molecule has 0 bridgehead atoms. The summed E-state index contributed by atoms with van der Waals surface area (Å²) < 4.78 is 0. The second kappa shape index (κ2) is 7.81. The van der Waals surface area contributed by atoms with Crippen LogP contribution in [0.15, 0.2) is 34.5 Å². The average Bonchev–Trinajstić information content (AvgIpc) is 2.50. The van der Waals surface area contributed by atoms with Crippen LogP contribution in [0.25, 0.3) is 0 Å². The van der Waals surface area contributed by atoms with Gasteiger partial charge in [-0.2, -0.15) is 5.10 Å². The van der Waals surface area contributed by atoms with Crippen LogP contribution in [0, 0.1) is 0 Å². The largest absolute Gasteiger partial charge is 0.279 e. The molecule has 0 atom stereocenters. The third-order valence-corrected chi connectivity index (χ3v) is 4.10. The van der Waals surface area contributed by atoms with E-state index < -0.39 is 0 Å². The van der Waals surface area contributed by atoms with Crippen molar-refractivity contribution >= 4 is 46.9 Å². The number of aromatic nitrogens is 2. The maximum atomic E-state index is 6.08. The Kier molecular flexibility index (Phi) is 6.06. The van der Waals surface area contributed by atoms with Crippen molar-refractivity contribution in [1.82, 2.24) is 9.97 Å². The van der Waals surface area contributed by atoms with Crippen molar-refractivity contribution in [2.24, 2.45) is 5.10 Å². The molecule has 1 N–H and O–H groups in total. The Morgan fingerprint density at radius 1 is 1.14 bits per heavy atom. The van der Waals surface area contributed by atoms with Gasteiger partial charge in [0.25, 0.3) is 0 Å². The Bertz CT molecular complexity index is 649. The molecule has 2 rings (SSSR count). The molecule has 22 heavy (non-hydrogen) atoms. The predicted molar refractivity (Wildman–Crippen MR) is 95.6 cm³/mol. The van der Waals surface area contributed by atoms with E-state index in [0.29, 0.717) is 16.6 Å². The summed E-state index contributed by atoms with van der Waals surface area (Å²) in [7, 11) is 0. The topological polar surface area (TPSA) is 50.2 Å². The number of benzene rings is 1. The minimum Gasteiger partial charge on any atom is -0.279 e. The van der Waals surface area contributed by atoms with Crippen LogP contribution in [0.1, 0.15) is 30.9 Å². The second-order valence-corrected chi connectivity index (χ2v) is 6.34. The Labute approximate surface area is 144 Å². The summed E-state index contributed by atoms with van der Waals surface area (Å²) in [4.78, 5) is 8.25. The van der Waals surface area contributed by atoms with Gasteiger partial charge < -0.3 is 0 Å². The molecule has 0 aliphatic carbocycles. The number of anilines is 1. The van der Waals surface area contributed by atoms with Crippen LogP contribution in [0.4, 0.5) is 5.69 Å².